The Kier molecular flexibility index (Phi) is 32.2. The molecule has 0 bridgehead atoms. The molecule has 14 N–H and O–H groups in total. The number of halogens is 5. The largest absolute Gasteiger partial charge is 0.504 e. The first-order valence-electron chi connectivity index (χ1n) is 47.8. The van der Waals surface area contributed by atoms with Gasteiger partial charge in [-0.25, -0.2) is 39.1 Å². The zero-order valence-electron chi connectivity index (χ0n) is 80.7. The van der Waals surface area contributed by atoms with Gasteiger partial charge in [0.25, 0.3) is 23.6 Å². The number of hydrogen-bond acceptors (Lipinski definition) is 21. The lowest BCUT2D eigenvalue weighted by atomic mass is 9.87. The molecule has 10 aromatic rings. The molecule has 0 radical (unpaired) electrons. The third-order valence-corrected chi connectivity index (χ3v) is 28.5. The van der Waals surface area contributed by atoms with Crippen LogP contribution in [0.3, 0.4) is 0 Å². The van der Waals surface area contributed by atoms with E-state index in [1.165, 1.54) is 37.0 Å². The molecule has 766 valence electrons. The van der Waals surface area contributed by atoms with Gasteiger partial charge in [0.1, 0.15) is 50.2 Å². The fraction of sp³-hybridized carbons (Fsp3) is 0.444. The van der Waals surface area contributed by atoms with Crippen LogP contribution in [-0.4, -0.2) is 225 Å². The van der Waals surface area contributed by atoms with E-state index in [1.54, 1.807) is 60.1 Å². The summed E-state index contributed by atoms with van der Waals surface area (Å²) in [6, 6.07) is 28.6. The Morgan fingerprint density at radius 3 is 1.01 bits per heavy atom. The number of hydrogen-bond donors (Lipinski definition) is 10. The van der Waals surface area contributed by atoms with Gasteiger partial charge in [0.05, 0.1) is 34.0 Å². The van der Waals surface area contributed by atoms with Crippen LogP contribution < -0.4 is 54.2 Å². The van der Waals surface area contributed by atoms with Crippen molar-refractivity contribution in [2.75, 3.05) is 116 Å². The van der Waals surface area contributed by atoms with Gasteiger partial charge in [-0.2, -0.15) is 35.3 Å². The lowest BCUT2D eigenvalue weighted by molar-refractivity contribution is -0.212. The molecule has 8 aliphatic rings. The Labute approximate surface area is 844 Å². The Balaban J connectivity index is 0.000000146. The molecule has 4 aliphatic heterocycles. The first-order valence-corrected chi connectivity index (χ1v) is 50.1. The van der Waals surface area contributed by atoms with E-state index in [9.17, 15) is 69.1 Å². The van der Waals surface area contributed by atoms with E-state index in [4.69, 9.17) is 60.8 Å². The number of amides is 9. The van der Waals surface area contributed by atoms with Crippen LogP contribution in [0.2, 0.25) is 5.02 Å². The molecule has 10 heterocycles. The summed E-state index contributed by atoms with van der Waals surface area (Å²) in [5.41, 5.74) is 27.7. The maximum atomic E-state index is 14.1. The Bertz CT molecular complexity index is 6850. The molecule has 4 saturated carbocycles. The Hall–Kier alpha value is -15.1. The number of carbonyl (C=O) groups excluding carboxylic acids is 9. The smallest absolute Gasteiger partial charge is 0.365 e. The van der Waals surface area contributed by atoms with Gasteiger partial charge in [-0.1, -0.05) is 66.2 Å². The number of piperidine rings is 4. The monoisotopic (exact) mass is 2040 g/mol. The van der Waals surface area contributed by atoms with Crippen LogP contribution in [-0.2, 0) is 95.7 Å². The number of carbonyl (C=O) groups is 9. The number of benzene rings is 4. The van der Waals surface area contributed by atoms with Crippen molar-refractivity contribution in [1.82, 2.24) is 78.3 Å². The molecule has 6 aromatic heterocycles. The molecule has 41 nitrogen and oxygen atoms in total. The highest BCUT2D eigenvalue weighted by atomic mass is 35.5. The van der Waals surface area contributed by atoms with E-state index in [2.05, 4.69) is 125 Å². The second kappa shape index (κ2) is 44.7. The van der Waals surface area contributed by atoms with Crippen molar-refractivity contribution < 1.29 is 69.1 Å². The SMILES string of the molecule is [C-]#[N+]CC1(n2cc(C(N)=O)c(NC(=O)C3CC3)n2)CCN(Cc2cc(F)cc(NS(C)(=O)=O)c2)CC1.[C-]#[N+]CC1(n2cc(C(N)=O)c(NC(=O)C3CC3)n2)CCN(Cc2ccc(-c3ccn(C(F)(F)F)n3)cc2)CC1.[C-]#[N+]CC1(n2cc(C(N)=O)c(NC(=O)C3CC3)n2)CCN(Cc2ccc(-c3ccn(C)n3)cc2)CC1.[C-]#[N+]CC1(n2cc(C(N)=O)c(NC(=O)C3CC3)n2)CCN(Cc2ccc(Cl)c(NC(C)=O)c2)CC1. The van der Waals surface area contributed by atoms with Crippen LogP contribution in [0.25, 0.3) is 41.9 Å². The van der Waals surface area contributed by atoms with Gasteiger partial charge >= 0.3 is 6.30 Å². The van der Waals surface area contributed by atoms with Crippen molar-refractivity contribution in [3.05, 3.63) is 235 Å². The van der Waals surface area contributed by atoms with Crippen molar-refractivity contribution in [3.63, 3.8) is 0 Å². The maximum Gasteiger partial charge on any atom is 0.504 e. The number of likely N-dealkylation sites (tertiary alicyclic amines) is 4. The Morgan fingerprint density at radius 2 is 0.733 bits per heavy atom. The molecule has 4 aliphatic carbocycles. The molecule has 146 heavy (non-hydrogen) atoms. The predicted molar refractivity (Wildman–Crippen MR) is 532 cm³/mol. The minimum absolute atomic E-state index is 0.0185. The molecular weight excluding hydrogens is 1930 g/mol. The number of nitrogens with one attached hydrogen (secondary N) is 6. The number of nitrogens with zero attached hydrogens (tertiary/aromatic N) is 20. The average Bonchev–Trinajstić information content (AvgIpc) is 1.63. The summed E-state index contributed by atoms with van der Waals surface area (Å²) in [4.78, 5) is 132. The second-order valence-electron chi connectivity index (χ2n) is 38.7. The zero-order valence-corrected chi connectivity index (χ0v) is 82.3. The summed E-state index contributed by atoms with van der Waals surface area (Å²) in [6.07, 6.45) is 16.9. The van der Waals surface area contributed by atoms with Crippen LogP contribution in [0.1, 0.15) is 173 Å². The number of anilines is 6. The predicted octanol–water partition coefficient (Wildman–Crippen LogP) is 10.8. The average molecular weight is 2040 g/mol. The highest BCUT2D eigenvalue weighted by molar-refractivity contribution is 7.92. The van der Waals surface area contributed by atoms with Crippen molar-refractivity contribution in [2.24, 2.45) is 53.7 Å². The molecular formula is C99H113ClF4N30O11S. The summed E-state index contributed by atoms with van der Waals surface area (Å²) < 4.78 is 86.2. The number of alkyl halides is 3. The second-order valence-corrected chi connectivity index (χ2v) is 40.9. The first kappa shape index (κ1) is 105. The van der Waals surface area contributed by atoms with Gasteiger partial charge in [0.2, 0.25) is 65.7 Å². The van der Waals surface area contributed by atoms with Crippen molar-refractivity contribution in [2.45, 2.75) is 164 Å². The van der Waals surface area contributed by atoms with Crippen LogP contribution in [0.15, 0.2) is 134 Å². The van der Waals surface area contributed by atoms with Gasteiger partial charge in [0.15, 0.2) is 23.3 Å². The molecule has 8 fully saturated rings. The van der Waals surface area contributed by atoms with E-state index in [0.29, 0.717) is 132 Å². The highest BCUT2D eigenvalue weighted by Gasteiger charge is 2.48. The van der Waals surface area contributed by atoms with E-state index < -0.39 is 67.9 Å². The van der Waals surface area contributed by atoms with Gasteiger partial charge in [-0.05, 0) is 167 Å². The number of rotatable bonds is 33. The summed E-state index contributed by atoms with van der Waals surface area (Å²) >= 11 is 6.19. The maximum absolute atomic E-state index is 14.1. The number of aromatic nitrogens is 12. The molecule has 9 amide bonds. The fourth-order valence-electron chi connectivity index (χ4n) is 18.5. The summed E-state index contributed by atoms with van der Waals surface area (Å²) in [6.45, 7) is 40.1. The standard InChI is InChI=1S/C26H27F3N8O2.C26H30N8O2.C24H28ClN7O3.C23H28FN7O4S/c1-31-16-25(37-15-20(22(30)38)23(34-37)32-24(39)19-6-7-19)9-12-35(13-10-25)14-17-2-4-18(5-3-17)21-8-11-36(33-21)26(27,28)29;1-28-17-26(34-16-21(23(27)35)24(31-34)29-25(36)20-7-8-20)10-13-33(14-11-26)15-18-3-5-19(6-4-18)22-9-12-32(2)30-22;1-15(33)28-20-11-16(3-6-19(20)25)12-31-9-7-24(8-10-31,14-27-2)32-13-18(21(26)34)22(30-32)29-23(35)17-4-5-17;1-26-14-23(31-13-19(20(25)32)21(28-31)27-22(33)16-3-4-16)5-7-30(8-6-23)12-15-9-17(24)11-18(10-15)29-36(2,34)35/h2-5,8,11,15,19H,6-7,9-10,12-14,16H2,(H2,30,38)(H,32,34,39);3-6,9,12,16,20H,7-8,10-11,13-15,17H2,2H3,(H2,27,35)(H,29,31,36);3,6,11,13,17H,4-5,7-10,12,14H2,1H3,(H2,26,34)(H,28,33)(H,29,30,35);9-11,13,16,29H,3-8,12,14H2,2H3,(H2,25,32)(H,27,28,33). The fourth-order valence-corrected chi connectivity index (χ4v) is 19.2. The molecule has 0 unspecified atom stereocenters. The van der Waals surface area contributed by atoms with Gasteiger partial charge in [0, 0.05) is 164 Å². The van der Waals surface area contributed by atoms with Gasteiger partial charge in [-0.3, -0.25) is 90.9 Å². The van der Waals surface area contributed by atoms with Gasteiger partial charge in [-0.15, -0.1) is 13.2 Å². The molecule has 4 aromatic carbocycles. The topological polar surface area (TPSA) is 501 Å². The molecule has 0 atom stereocenters. The lowest BCUT2D eigenvalue weighted by Crippen LogP contribution is -2.48. The van der Waals surface area contributed by atoms with E-state index in [-0.39, 0.29) is 141 Å². The summed E-state index contributed by atoms with van der Waals surface area (Å²) in [5.74, 6) is -3.74. The van der Waals surface area contributed by atoms with E-state index in [0.717, 1.165) is 112 Å². The number of sulfonamides is 1. The number of aryl methyl sites for hydroxylation is 1. The molecule has 0 spiro atoms. The van der Waals surface area contributed by atoms with Crippen LogP contribution in [0, 0.1) is 55.8 Å². The molecule has 4 saturated heterocycles. The normalized spacial score (nSPS) is 17.5. The van der Waals surface area contributed by atoms with Gasteiger partial charge < -0.3 is 68.9 Å². The van der Waals surface area contributed by atoms with Crippen LogP contribution in [0.4, 0.5) is 52.2 Å². The van der Waals surface area contributed by atoms with E-state index in [1.807, 2.05) is 43.6 Å². The van der Waals surface area contributed by atoms with Crippen LogP contribution in [0.5, 0.6) is 0 Å². The minimum Gasteiger partial charge on any atom is -0.365 e. The Morgan fingerprint density at radius 1 is 0.425 bits per heavy atom. The van der Waals surface area contributed by atoms with Crippen molar-refractivity contribution in [3.8, 4) is 22.5 Å². The minimum atomic E-state index is -4.56. The first-order chi connectivity index (χ1) is 69.6. The third kappa shape index (κ3) is 26.4. The summed E-state index contributed by atoms with van der Waals surface area (Å²) in [5, 5.41) is 40.3. The van der Waals surface area contributed by atoms with Crippen molar-refractivity contribution >= 4 is 109 Å². The lowest BCUT2D eigenvalue weighted by Gasteiger charge is -2.38. The number of nitrogens with two attached hydrogens (primary N) is 4. The quantitative estimate of drug-likeness (QED) is 0.0135. The highest BCUT2D eigenvalue weighted by Crippen LogP contribution is 2.42. The summed E-state index contributed by atoms with van der Waals surface area (Å²) in [7, 11) is -1.63. The number of primary amides is 4. The molecule has 18 rings (SSSR count). The molecule has 47 heteroatoms. The zero-order chi connectivity index (χ0) is 104. The van der Waals surface area contributed by atoms with Crippen molar-refractivity contribution in [1.29, 1.82) is 0 Å². The van der Waals surface area contributed by atoms with E-state index >= 15 is 0 Å². The van der Waals surface area contributed by atoms with Crippen LogP contribution >= 0.6 is 11.6 Å². The third-order valence-electron chi connectivity index (χ3n) is 27.6.